The summed E-state index contributed by atoms with van der Waals surface area (Å²) in [5.41, 5.74) is 1.79. The Balaban J connectivity index is 1.60. The molecular formula is C30H47NO2. The number of aliphatic hydroxyl groups is 2. The molecule has 0 aromatic carbocycles. The lowest BCUT2D eigenvalue weighted by Gasteiger charge is -2.71. The number of allylic oxidation sites excluding steroid dienone is 2. The zero-order valence-corrected chi connectivity index (χ0v) is 22.2. The van der Waals surface area contributed by atoms with Gasteiger partial charge in [-0.2, -0.15) is 5.26 Å². The fraction of sp³-hybridized carbons (Fsp3) is 0.900. The summed E-state index contributed by atoms with van der Waals surface area (Å²) in [5, 5.41) is 32.3. The molecule has 0 heterocycles. The molecule has 5 aliphatic carbocycles. The van der Waals surface area contributed by atoms with Crippen molar-refractivity contribution < 1.29 is 10.2 Å². The van der Waals surface area contributed by atoms with Crippen molar-refractivity contribution in [2.75, 3.05) is 0 Å². The van der Waals surface area contributed by atoms with E-state index in [9.17, 15) is 15.5 Å². The van der Waals surface area contributed by atoms with Gasteiger partial charge in [0.1, 0.15) is 0 Å². The highest BCUT2D eigenvalue weighted by molar-refractivity contribution is 5.36. The fourth-order valence-electron chi connectivity index (χ4n) is 10.6. The van der Waals surface area contributed by atoms with Crippen LogP contribution in [0.2, 0.25) is 0 Å². The van der Waals surface area contributed by atoms with Crippen LogP contribution in [-0.2, 0) is 0 Å². The maximum Gasteiger partial charge on any atom is 0.0852 e. The third-order valence-electron chi connectivity index (χ3n) is 12.8. The van der Waals surface area contributed by atoms with E-state index in [-0.39, 0.29) is 27.1 Å². The molecule has 3 nitrogen and oxygen atoms in total. The largest absolute Gasteiger partial charge is 0.390 e. The molecule has 0 aromatic rings. The smallest absolute Gasteiger partial charge is 0.0852 e. The molecular weight excluding hydrogens is 406 g/mol. The highest BCUT2D eigenvalue weighted by Gasteiger charge is 2.69. The second-order valence-corrected chi connectivity index (χ2v) is 15.0. The number of fused-ring (bicyclic) bond motifs is 7. The van der Waals surface area contributed by atoms with Crippen LogP contribution in [0, 0.1) is 61.6 Å². The van der Waals surface area contributed by atoms with E-state index in [0.717, 1.165) is 44.9 Å². The summed E-state index contributed by atoms with van der Waals surface area (Å²) < 4.78 is 0. The summed E-state index contributed by atoms with van der Waals surface area (Å²) in [6.45, 7) is 16.7. The van der Waals surface area contributed by atoms with Gasteiger partial charge in [0.05, 0.1) is 23.7 Å². The van der Waals surface area contributed by atoms with Crippen molar-refractivity contribution in [3.05, 3.63) is 11.6 Å². The van der Waals surface area contributed by atoms with Crippen molar-refractivity contribution in [3.63, 3.8) is 0 Å². The molecule has 4 saturated carbocycles. The minimum Gasteiger partial charge on any atom is -0.390 e. The number of nitriles is 1. The quantitative estimate of drug-likeness (QED) is 0.404. The monoisotopic (exact) mass is 453 g/mol. The summed E-state index contributed by atoms with van der Waals surface area (Å²) >= 11 is 0. The average Bonchev–Trinajstić information content (AvgIpc) is 2.72. The van der Waals surface area contributed by atoms with Gasteiger partial charge >= 0.3 is 0 Å². The molecule has 3 heteroatoms. The number of rotatable bonds is 0. The second kappa shape index (κ2) is 6.88. The number of aliphatic hydroxyl groups excluding tert-OH is 2. The van der Waals surface area contributed by atoms with Crippen LogP contribution in [0.4, 0.5) is 0 Å². The Hall–Kier alpha value is -0.850. The predicted molar refractivity (Wildman–Crippen MR) is 132 cm³/mol. The molecule has 184 valence electrons. The molecule has 4 fully saturated rings. The summed E-state index contributed by atoms with van der Waals surface area (Å²) in [6, 6.07) is 2.86. The van der Waals surface area contributed by atoms with Crippen LogP contribution in [0.5, 0.6) is 0 Å². The lowest BCUT2D eigenvalue weighted by molar-refractivity contribution is -0.230. The Morgan fingerprint density at radius 2 is 1.55 bits per heavy atom. The lowest BCUT2D eigenvalue weighted by Crippen LogP contribution is -2.66. The van der Waals surface area contributed by atoms with Crippen molar-refractivity contribution in [2.45, 2.75) is 118 Å². The third kappa shape index (κ3) is 2.86. The maximum atomic E-state index is 11.0. The average molecular weight is 454 g/mol. The maximum absolute atomic E-state index is 11.0. The van der Waals surface area contributed by atoms with E-state index in [1.54, 1.807) is 5.57 Å². The Bertz CT molecular complexity index is 913. The number of hydrogen-bond donors (Lipinski definition) is 2. The normalized spacial score (nSPS) is 54.5. The van der Waals surface area contributed by atoms with Gasteiger partial charge in [-0.05, 0) is 103 Å². The topological polar surface area (TPSA) is 64.2 Å². The minimum absolute atomic E-state index is 0.0236. The molecule has 2 N–H and O–H groups in total. The Labute approximate surface area is 202 Å². The fourth-order valence-corrected chi connectivity index (χ4v) is 10.6. The molecule has 0 spiro atoms. The molecule has 0 aromatic heterocycles. The summed E-state index contributed by atoms with van der Waals surface area (Å²) in [7, 11) is 0. The summed E-state index contributed by atoms with van der Waals surface area (Å²) in [6.07, 6.45) is 10.9. The van der Waals surface area contributed by atoms with E-state index in [1.165, 1.54) is 6.42 Å². The van der Waals surface area contributed by atoms with E-state index in [2.05, 4.69) is 60.6 Å². The lowest BCUT2D eigenvalue weighted by atomic mass is 9.33. The van der Waals surface area contributed by atoms with Crippen LogP contribution in [0.15, 0.2) is 11.6 Å². The molecule has 5 rings (SSSR count). The van der Waals surface area contributed by atoms with Crippen LogP contribution in [0.3, 0.4) is 0 Å². The van der Waals surface area contributed by atoms with Crippen molar-refractivity contribution in [1.82, 2.24) is 0 Å². The molecule has 0 unspecified atom stereocenters. The van der Waals surface area contributed by atoms with Gasteiger partial charge in [0, 0.05) is 0 Å². The standard InChI is InChI=1S/C30H47NO2/c1-25(2)12-14-30(18-31)15-13-28(6)19(20(30)16-25)8-9-23-27(5)17-21(32)24(33)26(3,4)22(27)10-11-29(23,28)7/h8,20-24,32-33H,9-17H2,1-7H3/t20-,21+,22-,23+,24-,27-,28+,29+,30+/m0/s1. The third-order valence-corrected chi connectivity index (χ3v) is 12.8. The van der Waals surface area contributed by atoms with E-state index in [1.807, 2.05) is 0 Å². The van der Waals surface area contributed by atoms with Gasteiger partial charge in [0.15, 0.2) is 0 Å². The first-order valence-electron chi connectivity index (χ1n) is 13.6. The number of hydrogen-bond acceptors (Lipinski definition) is 3. The molecule has 0 amide bonds. The van der Waals surface area contributed by atoms with Crippen LogP contribution in [-0.4, -0.2) is 22.4 Å². The zero-order valence-electron chi connectivity index (χ0n) is 22.2. The van der Waals surface area contributed by atoms with E-state index in [0.29, 0.717) is 29.6 Å². The van der Waals surface area contributed by atoms with Crippen LogP contribution >= 0.6 is 0 Å². The molecule has 0 radical (unpaired) electrons. The number of nitrogens with zero attached hydrogens (tertiary/aromatic N) is 1. The van der Waals surface area contributed by atoms with Crippen molar-refractivity contribution in [1.29, 1.82) is 5.26 Å². The summed E-state index contributed by atoms with van der Waals surface area (Å²) in [5.74, 6) is 1.32. The SMILES string of the molecule is CC1(C)CC[C@]2(C#N)CC[C@]3(C)C(=CC[C@@H]4[C@@]5(C)C[C@@H](O)[C@H](O)C(C)(C)[C@@H]5CC[C@]43C)[C@@H]2C1. The zero-order chi connectivity index (χ0) is 24.2. The van der Waals surface area contributed by atoms with E-state index in [4.69, 9.17) is 0 Å². The summed E-state index contributed by atoms with van der Waals surface area (Å²) in [4.78, 5) is 0. The highest BCUT2D eigenvalue weighted by atomic mass is 16.3. The first-order valence-corrected chi connectivity index (χ1v) is 13.6. The molecule has 5 aliphatic rings. The van der Waals surface area contributed by atoms with Gasteiger partial charge < -0.3 is 10.2 Å². The van der Waals surface area contributed by atoms with Gasteiger partial charge in [0.2, 0.25) is 0 Å². The first-order chi connectivity index (χ1) is 15.2. The molecule has 0 aliphatic heterocycles. The van der Waals surface area contributed by atoms with Crippen molar-refractivity contribution in [2.24, 2.45) is 50.2 Å². The Kier molecular flexibility index (Phi) is 4.98. The van der Waals surface area contributed by atoms with Crippen molar-refractivity contribution in [3.8, 4) is 6.07 Å². The molecule has 33 heavy (non-hydrogen) atoms. The van der Waals surface area contributed by atoms with Gasteiger partial charge in [-0.1, -0.05) is 60.1 Å². The molecule has 0 saturated heterocycles. The minimum atomic E-state index is -0.640. The van der Waals surface area contributed by atoms with E-state index >= 15 is 0 Å². The van der Waals surface area contributed by atoms with Crippen molar-refractivity contribution >= 4 is 0 Å². The van der Waals surface area contributed by atoms with Gasteiger partial charge in [0.25, 0.3) is 0 Å². The molecule has 9 atom stereocenters. The predicted octanol–water partition coefficient (Wildman–Crippen LogP) is 6.64. The highest BCUT2D eigenvalue weighted by Crippen LogP contribution is 2.75. The van der Waals surface area contributed by atoms with Gasteiger partial charge in [-0.25, -0.2) is 0 Å². The van der Waals surface area contributed by atoms with Crippen LogP contribution in [0.25, 0.3) is 0 Å². The van der Waals surface area contributed by atoms with Crippen LogP contribution < -0.4 is 0 Å². The van der Waals surface area contributed by atoms with Gasteiger partial charge in [-0.3, -0.25) is 0 Å². The second-order valence-electron chi connectivity index (χ2n) is 15.0. The Morgan fingerprint density at radius 3 is 2.21 bits per heavy atom. The van der Waals surface area contributed by atoms with Gasteiger partial charge in [-0.15, -0.1) is 0 Å². The van der Waals surface area contributed by atoms with Crippen LogP contribution in [0.1, 0.15) is 106 Å². The Morgan fingerprint density at radius 1 is 0.879 bits per heavy atom. The van der Waals surface area contributed by atoms with E-state index < -0.39 is 12.2 Å². The first kappa shape index (κ1) is 23.9. The molecule has 0 bridgehead atoms.